The number of alkyl halides is 6. The molecular weight excluding hydrogens is 500 g/mol. The molecule has 3 nitrogen and oxygen atoms in total. The predicted octanol–water partition coefficient (Wildman–Crippen LogP) is 7.39. The molecule has 1 saturated heterocycles. The van der Waals surface area contributed by atoms with Crippen LogP contribution in [0, 0.1) is 0 Å². The number of carbonyl (C=O) groups is 1. The minimum Gasteiger partial charge on any atom is -0.457 e. The molecule has 1 aromatic heterocycles. The number of hydrogen-bond acceptors (Lipinski definition) is 4. The zero-order chi connectivity index (χ0) is 24.7. The third kappa shape index (κ3) is 5.20. The van der Waals surface area contributed by atoms with E-state index in [1.165, 1.54) is 23.1 Å². The predicted molar refractivity (Wildman–Crippen MR) is 119 cm³/mol. The maximum Gasteiger partial charge on any atom is 0.416 e. The molecule has 0 aliphatic carbocycles. The molecule has 1 aliphatic rings. The van der Waals surface area contributed by atoms with Crippen LogP contribution in [0.25, 0.3) is 17.4 Å². The third-order valence-electron chi connectivity index (χ3n) is 4.83. The highest BCUT2D eigenvalue weighted by atomic mass is 32.2. The number of hydrogen-bond donors (Lipinski definition) is 0. The van der Waals surface area contributed by atoms with Crippen LogP contribution in [0.3, 0.4) is 0 Å². The number of benzene rings is 2. The van der Waals surface area contributed by atoms with E-state index >= 15 is 0 Å². The summed E-state index contributed by atoms with van der Waals surface area (Å²) in [5.41, 5.74) is -2.42. The lowest BCUT2D eigenvalue weighted by Gasteiger charge is -2.14. The first-order valence-electron chi connectivity index (χ1n) is 9.61. The summed E-state index contributed by atoms with van der Waals surface area (Å²) >= 11 is 6.30. The van der Waals surface area contributed by atoms with Crippen LogP contribution < -0.4 is 0 Å². The molecule has 176 valence electrons. The second-order valence-corrected chi connectivity index (χ2v) is 8.93. The molecule has 0 radical (unpaired) electrons. The van der Waals surface area contributed by atoms with Crippen molar-refractivity contribution in [2.45, 2.75) is 18.9 Å². The molecule has 2 heterocycles. The molecule has 0 atom stereocenters. The monoisotopic (exact) mass is 513 g/mol. The summed E-state index contributed by atoms with van der Waals surface area (Å²) in [4.78, 5) is 14.4. The number of halogens is 6. The molecule has 2 aromatic carbocycles. The van der Waals surface area contributed by atoms with Crippen LogP contribution >= 0.6 is 24.0 Å². The van der Waals surface area contributed by atoms with Crippen molar-refractivity contribution in [2.24, 2.45) is 0 Å². The maximum atomic E-state index is 13.1. The van der Waals surface area contributed by atoms with Gasteiger partial charge in [-0.3, -0.25) is 9.69 Å². The maximum absolute atomic E-state index is 13.1. The van der Waals surface area contributed by atoms with Crippen molar-refractivity contribution in [3.63, 3.8) is 0 Å². The van der Waals surface area contributed by atoms with E-state index in [0.29, 0.717) is 16.5 Å². The van der Waals surface area contributed by atoms with E-state index in [1.807, 2.05) is 30.3 Å². The van der Waals surface area contributed by atoms with E-state index < -0.39 is 29.0 Å². The second-order valence-electron chi connectivity index (χ2n) is 7.25. The van der Waals surface area contributed by atoms with Gasteiger partial charge in [0.25, 0.3) is 5.91 Å². The van der Waals surface area contributed by atoms with E-state index in [9.17, 15) is 31.1 Å². The summed E-state index contributed by atoms with van der Waals surface area (Å²) in [6.07, 6.45) is -8.59. The smallest absolute Gasteiger partial charge is 0.416 e. The topological polar surface area (TPSA) is 33.5 Å². The first kappa shape index (κ1) is 24.1. The molecule has 3 aromatic rings. The molecule has 1 amide bonds. The molecular formula is C23H13F6NO2S2. The highest BCUT2D eigenvalue weighted by Gasteiger charge is 2.37. The Labute approximate surface area is 199 Å². The second kappa shape index (κ2) is 8.95. The molecule has 1 aliphatic heterocycles. The van der Waals surface area contributed by atoms with Crippen molar-refractivity contribution in [3.8, 4) is 11.3 Å². The normalized spacial score (nSPS) is 16.1. The van der Waals surface area contributed by atoms with Gasteiger partial charge in [-0.15, -0.1) is 0 Å². The zero-order valence-corrected chi connectivity index (χ0v) is 18.5. The lowest BCUT2D eigenvalue weighted by molar-refractivity contribution is -0.143. The van der Waals surface area contributed by atoms with Crippen molar-refractivity contribution >= 4 is 40.3 Å². The summed E-state index contributed by atoms with van der Waals surface area (Å²) in [7, 11) is 0. The molecule has 1 fully saturated rings. The summed E-state index contributed by atoms with van der Waals surface area (Å²) < 4.78 is 84.6. The first-order valence-corrected chi connectivity index (χ1v) is 10.8. The highest BCUT2D eigenvalue weighted by molar-refractivity contribution is 8.26. The van der Waals surface area contributed by atoms with E-state index in [0.717, 1.165) is 17.3 Å². The lowest BCUT2D eigenvalue weighted by atomic mass is 10.0. The molecule has 0 saturated carbocycles. The Balaban J connectivity index is 1.62. The van der Waals surface area contributed by atoms with Gasteiger partial charge in [0.15, 0.2) is 0 Å². The summed E-state index contributed by atoms with van der Waals surface area (Å²) in [6, 6.07) is 13.0. The van der Waals surface area contributed by atoms with Gasteiger partial charge in [-0.05, 0) is 35.9 Å². The van der Waals surface area contributed by atoms with E-state index in [1.54, 1.807) is 0 Å². The molecule has 34 heavy (non-hydrogen) atoms. The van der Waals surface area contributed by atoms with E-state index in [2.05, 4.69) is 0 Å². The third-order valence-corrected chi connectivity index (χ3v) is 6.21. The minimum absolute atomic E-state index is 0.0471. The molecule has 0 bridgehead atoms. The van der Waals surface area contributed by atoms with Crippen molar-refractivity contribution in [1.82, 2.24) is 4.90 Å². The van der Waals surface area contributed by atoms with Gasteiger partial charge in [-0.25, -0.2) is 0 Å². The number of nitrogens with zero attached hydrogens (tertiary/aromatic N) is 1. The van der Waals surface area contributed by atoms with E-state index in [4.69, 9.17) is 16.6 Å². The van der Waals surface area contributed by atoms with Crippen molar-refractivity contribution in [3.05, 3.63) is 88.0 Å². The van der Waals surface area contributed by atoms with Crippen LogP contribution in [0.4, 0.5) is 26.3 Å². The Bertz CT molecular complexity index is 1250. The van der Waals surface area contributed by atoms with E-state index in [-0.39, 0.29) is 34.9 Å². The van der Waals surface area contributed by atoms with Gasteiger partial charge in [0.2, 0.25) is 0 Å². The SMILES string of the molecule is O=C1/C(=C\c2ccc(-c3cc(C(F)(F)F)cc(C(F)(F)F)c3)o2)SC(=S)N1Cc1ccccc1. The Morgan fingerprint density at radius 2 is 1.53 bits per heavy atom. The van der Waals surface area contributed by atoms with Crippen LogP contribution in [-0.2, 0) is 23.7 Å². The number of carbonyl (C=O) groups excluding carboxylic acids is 1. The van der Waals surface area contributed by atoms with Crippen molar-refractivity contribution in [1.29, 1.82) is 0 Å². The molecule has 4 rings (SSSR count). The average molecular weight is 513 g/mol. The van der Waals surface area contributed by atoms with Gasteiger partial charge in [0.1, 0.15) is 15.8 Å². The average Bonchev–Trinajstić information content (AvgIpc) is 3.33. The van der Waals surface area contributed by atoms with Gasteiger partial charge in [0.05, 0.1) is 22.6 Å². The van der Waals surface area contributed by atoms with Gasteiger partial charge < -0.3 is 4.42 Å². The Hall–Kier alpha value is -3.05. The largest absolute Gasteiger partial charge is 0.457 e. The Morgan fingerprint density at radius 3 is 2.12 bits per heavy atom. The quantitative estimate of drug-likeness (QED) is 0.207. The van der Waals surface area contributed by atoms with Crippen molar-refractivity contribution in [2.75, 3.05) is 0 Å². The fraction of sp³-hybridized carbons (Fsp3) is 0.130. The number of rotatable bonds is 4. The molecule has 0 spiro atoms. The standard InChI is InChI=1S/C23H13F6NO2S2/c24-22(25,26)15-8-14(9-16(10-15)23(27,28)29)18-7-6-17(32-18)11-19-20(31)30(21(33)34-19)12-13-4-2-1-3-5-13/h1-11H,12H2/b19-11+. The van der Waals surface area contributed by atoms with Crippen LogP contribution in [-0.4, -0.2) is 15.1 Å². The number of thioether (sulfide) groups is 1. The molecule has 11 heteroatoms. The van der Waals surface area contributed by atoms with Crippen LogP contribution in [0.2, 0.25) is 0 Å². The lowest BCUT2D eigenvalue weighted by Crippen LogP contribution is -2.27. The summed E-state index contributed by atoms with van der Waals surface area (Å²) in [6.45, 7) is 0.261. The van der Waals surface area contributed by atoms with Gasteiger partial charge in [0, 0.05) is 11.6 Å². The Kier molecular flexibility index (Phi) is 6.34. The molecule has 0 N–H and O–H groups in total. The number of amides is 1. The summed E-state index contributed by atoms with van der Waals surface area (Å²) in [5.74, 6) is -0.501. The van der Waals surface area contributed by atoms with Gasteiger partial charge >= 0.3 is 12.4 Å². The fourth-order valence-corrected chi connectivity index (χ4v) is 4.45. The molecule has 0 unspecified atom stereocenters. The van der Waals surface area contributed by atoms with Gasteiger partial charge in [-0.1, -0.05) is 54.3 Å². The van der Waals surface area contributed by atoms with Crippen LogP contribution in [0.5, 0.6) is 0 Å². The first-order chi connectivity index (χ1) is 15.9. The number of thiocarbonyl (C=S) groups is 1. The fourth-order valence-electron chi connectivity index (χ4n) is 3.21. The summed E-state index contributed by atoms with van der Waals surface area (Å²) in [5, 5.41) is 0. The van der Waals surface area contributed by atoms with Gasteiger partial charge in [-0.2, -0.15) is 26.3 Å². The highest BCUT2D eigenvalue weighted by Crippen LogP contribution is 2.39. The minimum atomic E-state index is -4.97. The van der Waals surface area contributed by atoms with Crippen LogP contribution in [0.1, 0.15) is 22.5 Å². The van der Waals surface area contributed by atoms with Crippen molar-refractivity contribution < 1.29 is 35.6 Å². The van der Waals surface area contributed by atoms with Crippen LogP contribution in [0.15, 0.2) is 70.0 Å². The number of furan rings is 1. The Morgan fingerprint density at radius 1 is 0.912 bits per heavy atom. The zero-order valence-electron chi connectivity index (χ0n) is 16.9.